The predicted molar refractivity (Wildman–Crippen MR) is 81.6 cm³/mol. The van der Waals surface area contributed by atoms with E-state index in [1.165, 1.54) is 0 Å². The van der Waals surface area contributed by atoms with Gasteiger partial charge in [-0.15, -0.1) is 0 Å². The number of benzene rings is 1. The topological polar surface area (TPSA) is 105 Å². The zero-order chi connectivity index (χ0) is 15.7. The molecule has 1 fully saturated rings. The molecular weight excluding hydrogens is 346 g/mol. The van der Waals surface area contributed by atoms with Crippen LogP contribution in [0.5, 0.6) is 0 Å². The summed E-state index contributed by atoms with van der Waals surface area (Å²) in [5.74, 6) is 0.0755. The third kappa shape index (κ3) is 2.72. The van der Waals surface area contributed by atoms with Crippen LogP contribution >= 0.6 is 15.9 Å². The predicted octanol–water partition coefficient (Wildman–Crippen LogP) is 2.66. The Labute approximate surface area is 134 Å². The lowest BCUT2D eigenvalue weighted by atomic mass is 10.1. The lowest BCUT2D eigenvalue weighted by Gasteiger charge is -2.02. The Hall–Kier alpha value is -2.64. The third-order valence-electron chi connectivity index (χ3n) is 3.59. The van der Waals surface area contributed by atoms with Gasteiger partial charge in [0, 0.05) is 10.4 Å². The van der Waals surface area contributed by atoms with E-state index >= 15 is 0 Å². The van der Waals surface area contributed by atoms with E-state index in [1.54, 1.807) is 6.07 Å². The Balaban J connectivity index is 1.67. The fourth-order valence-electron chi connectivity index (χ4n) is 2.37. The summed E-state index contributed by atoms with van der Waals surface area (Å²) in [4.78, 5) is 18.7. The number of anilines is 1. The summed E-state index contributed by atoms with van der Waals surface area (Å²) in [5.41, 5.74) is 1.16. The fraction of sp³-hybridized carbons (Fsp3) is 0.200. The maximum absolute atomic E-state index is 12.2. The average molecular weight is 356 g/mol. The van der Waals surface area contributed by atoms with Gasteiger partial charge < -0.3 is 4.98 Å². The van der Waals surface area contributed by atoms with Crippen molar-refractivity contribution in [2.45, 2.75) is 12.3 Å². The van der Waals surface area contributed by atoms with E-state index in [0.717, 1.165) is 16.5 Å². The summed E-state index contributed by atoms with van der Waals surface area (Å²) in [6, 6.07) is 11.5. The maximum Gasteiger partial charge on any atom is 0.230 e. The Kier molecular flexibility index (Phi) is 3.66. The van der Waals surface area contributed by atoms with Gasteiger partial charge in [0.2, 0.25) is 11.9 Å². The van der Waals surface area contributed by atoms with Gasteiger partial charge in [-0.2, -0.15) is 10.5 Å². The number of carbonyl (C=O) groups excluding carboxylic acids is 1. The molecule has 0 saturated heterocycles. The van der Waals surface area contributed by atoms with Crippen LogP contribution < -0.4 is 5.32 Å². The van der Waals surface area contributed by atoms with Gasteiger partial charge in [-0.3, -0.25) is 10.1 Å². The number of H-pyrrole nitrogens is 1. The highest BCUT2D eigenvalue weighted by Gasteiger charge is 2.44. The molecule has 0 spiro atoms. The first-order valence-corrected chi connectivity index (χ1v) is 7.38. The van der Waals surface area contributed by atoms with E-state index in [9.17, 15) is 4.79 Å². The van der Waals surface area contributed by atoms with Crippen molar-refractivity contribution >= 4 is 27.8 Å². The van der Waals surface area contributed by atoms with Gasteiger partial charge in [0.1, 0.15) is 12.1 Å². The van der Waals surface area contributed by atoms with Gasteiger partial charge >= 0.3 is 0 Å². The molecule has 1 aliphatic carbocycles. The van der Waals surface area contributed by atoms with Crippen molar-refractivity contribution in [3.63, 3.8) is 0 Å². The molecule has 0 unspecified atom stereocenters. The molecule has 0 aliphatic heterocycles. The fourth-order valence-corrected chi connectivity index (χ4v) is 2.63. The van der Waals surface area contributed by atoms with Crippen LogP contribution in [-0.2, 0) is 4.79 Å². The van der Waals surface area contributed by atoms with Crippen molar-refractivity contribution in [1.82, 2.24) is 9.97 Å². The summed E-state index contributed by atoms with van der Waals surface area (Å²) >= 11 is 3.38. The molecule has 108 valence electrons. The first kappa shape index (κ1) is 14.3. The molecule has 2 N–H and O–H groups in total. The van der Waals surface area contributed by atoms with Gasteiger partial charge in [0.25, 0.3) is 0 Å². The first-order chi connectivity index (χ1) is 10.6. The largest absolute Gasteiger partial charge is 0.314 e. The van der Waals surface area contributed by atoms with Crippen LogP contribution in [0, 0.1) is 28.6 Å². The standard InChI is InChI=1S/C15H10BrN5O/c16-9-3-1-8(2-4-9)10-5-11(10)14(22)21-15-19-12(6-17)13(7-18)20-15/h1-4,10-11H,5H2,(H2,19,20,21,22)/t10-,11+/m1/s1. The van der Waals surface area contributed by atoms with Crippen LogP contribution in [-0.4, -0.2) is 15.9 Å². The molecule has 1 aliphatic rings. The van der Waals surface area contributed by atoms with Crippen LogP contribution in [0.1, 0.15) is 29.3 Å². The number of nitrogens with one attached hydrogen (secondary N) is 2. The van der Waals surface area contributed by atoms with Crippen LogP contribution in [0.15, 0.2) is 28.7 Å². The number of halogens is 1. The summed E-state index contributed by atoms with van der Waals surface area (Å²) in [7, 11) is 0. The lowest BCUT2D eigenvalue weighted by molar-refractivity contribution is -0.117. The summed E-state index contributed by atoms with van der Waals surface area (Å²) in [6.45, 7) is 0. The zero-order valence-corrected chi connectivity index (χ0v) is 12.9. The average Bonchev–Trinajstić information content (AvgIpc) is 3.22. The Morgan fingerprint density at radius 2 is 2.05 bits per heavy atom. The van der Waals surface area contributed by atoms with Crippen molar-refractivity contribution < 1.29 is 4.79 Å². The van der Waals surface area contributed by atoms with Crippen LogP contribution in [0.4, 0.5) is 5.95 Å². The SMILES string of the molecule is N#Cc1nc(NC(=O)[C@H]2C[C@@H]2c2ccc(Br)cc2)[nH]c1C#N. The molecule has 0 radical (unpaired) electrons. The minimum absolute atomic E-state index is 0.0157. The number of nitriles is 2. The van der Waals surface area contributed by atoms with E-state index < -0.39 is 0 Å². The van der Waals surface area contributed by atoms with Crippen LogP contribution in [0.25, 0.3) is 0 Å². The van der Waals surface area contributed by atoms with Crippen molar-refractivity contribution in [3.05, 3.63) is 45.7 Å². The normalized spacial score (nSPS) is 19.0. The van der Waals surface area contributed by atoms with Crippen molar-refractivity contribution in [2.75, 3.05) is 5.32 Å². The van der Waals surface area contributed by atoms with Crippen LogP contribution in [0.3, 0.4) is 0 Å². The smallest absolute Gasteiger partial charge is 0.230 e. The molecule has 2 atom stereocenters. The number of hydrogen-bond acceptors (Lipinski definition) is 4. The molecule has 3 rings (SSSR count). The molecule has 1 amide bonds. The molecule has 1 aromatic heterocycles. The van der Waals surface area contributed by atoms with Crippen molar-refractivity contribution in [1.29, 1.82) is 10.5 Å². The van der Waals surface area contributed by atoms with Gasteiger partial charge in [-0.05, 0) is 30.0 Å². The van der Waals surface area contributed by atoms with E-state index in [-0.39, 0.29) is 35.1 Å². The Morgan fingerprint density at radius 3 is 2.64 bits per heavy atom. The number of imidazole rings is 1. The molecule has 6 nitrogen and oxygen atoms in total. The van der Waals surface area contributed by atoms with E-state index in [2.05, 4.69) is 31.2 Å². The van der Waals surface area contributed by atoms with E-state index in [4.69, 9.17) is 10.5 Å². The number of rotatable bonds is 3. The Bertz CT molecular complexity index is 780. The number of amides is 1. The minimum atomic E-state index is -0.157. The monoisotopic (exact) mass is 355 g/mol. The number of aromatic nitrogens is 2. The van der Waals surface area contributed by atoms with Gasteiger partial charge in [0.15, 0.2) is 11.4 Å². The molecule has 1 aromatic carbocycles. The molecule has 7 heteroatoms. The number of nitrogens with zero attached hydrogens (tertiary/aromatic N) is 3. The van der Waals surface area contributed by atoms with E-state index in [1.807, 2.05) is 30.3 Å². The second-order valence-corrected chi connectivity index (χ2v) is 5.94. The molecular formula is C15H10BrN5O. The summed E-state index contributed by atoms with van der Waals surface area (Å²) < 4.78 is 1.00. The van der Waals surface area contributed by atoms with Crippen LogP contribution in [0.2, 0.25) is 0 Å². The second-order valence-electron chi connectivity index (χ2n) is 5.02. The highest BCUT2D eigenvalue weighted by Crippen LogP contribution is 2.48. The van der Waals surface area contributed by atoms with Crippen molar-refractivity contribution in [3.8, 4) is 12.1 Å². The Morgan fingerprint density at radius 1 is 1.32 bits per heavy atom. The van der Waals surface area contributed by atoms with Gasteiger partial charge in [-0.1, -0.05) is 28.1 Å². The van der Waals surface area contributed by atoms with Gasteiger partial charge in [-0.25, -0.2) is 4.98 Å². The molecule has 1 heterocycles. The molecule has 1 saturated carbocycles. The lowest BCUT2D eigenvalue weighted by Crippen LogP contribution is -2.15. The summed E-state index contributed by atoms with van der Waals surface area (Å²) in [6.07, 6.45) is 0.782. The minimum Gasteiger partial charge on any atom is -0.314 e. The highest BCUT2D eigenvalue weighted by atomic mass is 79.9. The molecule has 22 heavy (non-hydrogen) atoms. The number of aromatic amines is 1. The quantitative estimate of drug-likeness (QED) is 0.882. The third-order valence-corrected chi connectivity index (χ3v) is 4.12. The molecule has 0 bridgehead atoms. The van der Waals surface area contributed by atoms with E-state index in [0.29, 0.717) is 0 Å². The van der Waals surface area contributed by atoms with Crippen molar-refractivity contribution in [2.24, 2.45) is 5.92 Å². The zero-order valence-electron chi connectivity index (χ0n) is 11.3. The highest BCUT2D eigenvalue weighted by molar-refractivity contribution is 9.10. The second kappa shape index (κ2) is 5.63. The maximum atomic E-state index is 12.2. The van der Waals surface area contributed by atoms with Gasteiger partial charge in [0.05, 0.1) is 0 Å². The number of hydrogen-bond donors (Lipinski definition) is 2. The molecule has 2 aromatic rings. The number of carbonyl (C=O) groups is 1. The summed E-state index contributed by atoms with van der Waals surface area (Å²) in [5, 5.41) is 20.3. The first-order valence-electron chi connectivity index (χ1n) is 6.59.